The average molecular weight is 266 g/mol. The second kappa shape index (κ2) is 6.41. The molecule has 0 bridgehead atoms. The van der Waals surface area contributed by atoms with E-state index in [9.17, 15) is 18.0 Å². The van der Waals surface area contributed by atoms with Crippen LogP contribution in [-0.2, 0) is 4.79 Å². The van der Waals surface area contributed by atoms with E-state index in [4.69, 9.17) is 5.73 Å². The van der Waals surface area contributed by atoms with Crippen LogP contribution in [0.25, 0.3) is 0 Å². The summed E-state index contributed by atoms with van der Waals surface area (Å²) in [5, 5.41) is 2.53. The molecule has 3 atom stereocenters. The maximum atomic E-state index is 12.8. The number of nitrogens with two attached hydrogens (primary N) is 1. The number of hydrogen-bond acceptors (Lipinski definition) is 2. The molecule has 1 aliphatic rings. The van der Waals surface area contributed by atoms with E-state index in [0.717, 1.165) is 6.42 Å². The predicted molar refractivity (Wildman–Crippen MR) is 62.8 cm³/mol. The molecule has 1 fully saturated rings. The molecule has 3 nitrogen and oxygen atoms in total. The molecule has 106 valence electrons. The zero-order valence-electron chi connectivity index (χ0n) is 10.6. The van der Waals surface area contributed by atoms with Crippen LogP contribution in [0.4, 0.5) is 13.2 Å². The van der Waals surface area contributed by atoms with Crippen LogP contribution in [0.15, 0.2) is 0 Å². The van der Waals surface area contributed by atoms with Gasteiger partial charge in [0, 0.05) is 12.5 Å². The summed E-state index contributed by atoms with van der Waals surface area (Å²) in [6, 6.07) is -0.767. The minimum absolute atomic E-state index is 0.00192. The van der Waals surface area contributed by atoms with Crippen LogP contribution in [0.1, 0.15) is 39.0 Å². The van der Waals surface area contributed by atoms with Crippen LogP contribution in [0.2, 0.25) is 0 Å². The average Bonchev–Trinajstić information content (AvgIpc) is 2.27. The van der Waals surface area contributed by atoms with Gasteiger partial charge in [-0.3, -0.25) is 4.79 Å². The van der Waals surface area contributed by atoms with Crippen LogP contribution >= 0.6 is 0 Å². The summed E-state index contributed by atoms with van der Waals surface area (Å²) in [6.45, 7) is 2.17. The highest BCUT2D eigenvalue weighted by molar-refractivity contribution is 5.76. The number of amides is 1. The van der Waals surface area contributed by atoms with Gasteiger partial charge in [-0.1, -0.05) is 19.8 Å². The first kappa shape index (κ1) is 15.3. The molecule has 0 spiro atoms. The van der Waals surface area contributed by atoms with Gasteiger partial charge in [-0.05, 0) is 25.3 Å². The van der Waals surface area contributed by atoms with Crippen molar-refractivity contribution in [2.24, 2.45) is 17.6 Å². The number of alkyl halides is 3. The minimum atomic E-state index is -4.22. The summed E-state index contributed by atoms with van der Waals surface area (Å²) >= 11 is 0. The minimum Gasteiger partial charge on any atom is -0.353 e. The summed E-state index contributed by atoms with van der Waals surface area (Å²) in [5.41, 5.74) is 5.39. The Bertz CT molecular complexity index is 281. The van der Waals surface area contributed by atoms with E-state index >= 15 is 0 Å². The quantitative estimate of drug-likeness (QED) is 0.819. The van der Waals surface area contributed by atoms with Crippen LogP contribution in [0.5, 0.6) is 0 Å². The third kappa shape index (κ3) is 4.48. The summed E-state index contributed by atoms with van der Waals surface area (Å²) in [4.78, 5) is 11.6. The van der Waals surface area contributed by atoms with Crippen molar-refractivity contribution in [1.29, 1.82) is 0 Å². The SMILES string of the molecule is CC(CN)CC(=O)NC1CCCCC1C(F)(F)F. The lowest BCUT2D eigenvalue weighted by Crippen LogP contribution is -2.48. The van der Waals surface area contributed by atoms with Gasteiger partial charge in [-0.2, -0.15) is 13.2 Å². The Balaban J connectivity index is 2.54. The third-order valence-corrected chi connectivity index (χ3v) is 3.47. The molecule has 1 saturated carbocycles. The van der Waals surface area contributed by atoms with Gasteiger partial charge < -0.3 is 11.1 Å². The summed E-state index contributed by atoms with van der Waals surface area (Å²) < 4.78 is 38.4. The van der Waals surface area contributed by atoms with E-state index in [-0.39, 0.29) is 24.7 Å². The Kier molecular flexibility index (Phi) is 5.44. The lowest BCUT2D eigenvalue weighted by Gasteiger charge is -2.33. The van der Waals surface area contributed by atoms with Crippen LogP contribution in [0.3, 0.4) is 0 Å². The van der Waals surface area contributed by atoms with E-state index in [1.165, 1.54) is 0 Å². The summed E-state index contributed by atoms with van der Waals surface area (Å²) in [5.74, 6) is -1.73. The molecule has 0 aromatic carbocycles. The normalized spacial score (nSPS) is 26.7. The van der Waals surface area contributed by atoms with Gasteiger partial charge in [-0.15, -0.1) is 0 Å². The second-order valence-electron chi connectivity index (χ2n) is 5.15. The highest BCUT2D eigenvalue weighted by atomic mass is 19.4. The number of rotatable bonds is 4. The van der Waals surface area contributed by atoms with E-state index in [2.05, 4.69) is 5.32 Å². The van der Waals surface area contributed by atoms with Crippen molar-refractivity contribution in [1.82, 2.24) is 5.32 Å². The van der Waals surface area contributed by atoms with Crippen molar-refractivity contribution >= 4 is 5.91 Å². The molecular formula is C12H21F3N2O. The number of carbonyl (C=O) groups excluding carboxylic acids is 1. The first-order chi connectivity index (χ1) is 8.34. The maximum Gasteiger partial charge on any atom is 0.393 e. The Labute approximate surface area is 105 Å². The molecule has 0 heterocycles. The van der Waals surface area contributed by atoms with Crippen molar-refractivity contribution in [2.45, 2.75) is 51.2 Å². The molecule has 1 rings (SSSR count). The molecule has 1 amide bonds. The molecule has 18 heavy (non-hydrogen) atoms. The Hall–Kier alpha value is -0.780. The van der Waals surface area contributed by atoms with E-state index in [1.54, 1.807) is 0 Å². The van der Waals surface area contributed by atoms with Crippen molar-refractivity contribution in [2.75, 3.05) is 6.54 Å². The zero-order valence-corrected chi connectivity index (χ0v) is 10.6. The number of nitrogens with one attached hydrogen (secondary N) is 1. The molecular weight excluding hydrogens is 245 g/mol. The van der Waals surface area contributed by atoms with Gasteiger partial charge in [0.2, 0.25) is 5.91 Å². The third-order valence-electron chi connectivity index (χ3n) is 3.47. The molecule has 0 aromatic rings. The van der Waals surface area contributed by atoms with Crippen molar-refractivity contribution in [3.8, 4) is 0 Å². The zero-order chi connectivity index (χ0) is 13.8. The van der Waals surface area contributed by atoms with Gasteiger partial charge >= 0.3 is 6.18 Å². The Morgan fingerprint density at radius 1 is 1.39 bits per heavy atom. The molecule has 3 unspecified atom stereocenters. The van der Waals surface area contributed by atoms with E-state index in [0.29, 0.717) is 19.4 Å². The predicted octanol–water partition coefficient (Wildman–Crippen LogP) is 2.21. The topological polar surface area (TPSA) is 55.1 Å². The van der Waals surface area contributed by atoms with Crippen molar-refractivity contribution in [3.63, 3.8) is 0 Å². The first-order valence-corrected chi connectivity index (χ1v) is 6.40. The smallest absolute Gasteiger partial charge is 0.353 e. The van der Waals surface area contributed by atoms with Crippen molar-refractivity contribution < 1.29 is 18.0 Å². The monoisotopic (exact) mass is 266 g/mol. The molecule has 0 aliphatic heterocycles. The number of carbonyl (C=O) groups is 1. The van der Waals surface area contributed by atoms with E-state index < -0.39 is 18.1 Å². The van der Waals surface area contributed by atoms with Crippen LogP contribution in [0, 0.1) is 11.8 Å². The summed E-state index contributed by atoms with van der Waals surface area (Å²) in [7, 11) is 0. The molecule has 0 radical (unpaired) electrons. The van der Waals surface area contributed by atoms with Gasteiger partial charge in [-0.25, -0.2) is 0 Å². The maximum absolute atomic E-state index is 12.8. The largest absolute Gasteiger partial charge is 0.393 e. The molecule has 0 aromatic heterocycles. The first-order valence-electron chi connectivity index (χ1n) is 6.40. The van der Waals surface area contributed by atoms with Crippen molar-refractivity contribution in [3.05, 3.63) is 0 Å². The van der Waals surface area contributed by atoms with Gasteiger partial charge in [0.1, 0.15) is 0 Å². The van der Waals surface area contributed by atoms with Crippen LogP contribution < -0.4 is 11.1 Å². The molecule has 6 heteroatoms. The molecule has 3 N–H and O–H groups in total. The Morgan fingerprint density at radius 3 is 2.56 bits per heavy atom. The summed E-state index contributed by atoms with van der Waals surface area (Å²) in [6.07, 6.45) is -2.19. The lowest BCUT2D eigenvalue weighted by molar-refractivity contribution is -0.189. The highest BCUT2D eigenvalue weighted by Crippen LogP contribution is 2.37. The standard InChI is InChI=1S/C12H21F3N2O/c1-8(7-16)6-11(18)17-10-5-3-2-4-9(10)12(13,14)15/h8-10H,2-7,16H2,1H3,(H,17,18). The van der Waals surface area contributed by atoms with Gasteiger partial charge in [0.25, 0.3) is 0 Å². The molecule has 1 aliphatic carbocycles. The van der Waals surface area contributed by atoms with Crippen LogP contribution in [-0.4, -0.2) is 24.7 Å². The second-order valence-corrected chi connectivity index (χ2v) is 5.15. The number of hydrogen-bond donors (Lipinski definition) is 2. The molecule has 0 saturated heterocycles. The van der Waals surface area contributed by atoms with E-state index in [1.807, 2.05) is 6.92 Å². The van der Waals surface area contributed by atoms with Gasteiger partial charge in [0.15, 0.2) is 0 Å². The number of halogens is 3. The van der Waals surface area contributed by atoms with Gasteiger partial charge in [0.05, 0.1) is 5.92 Å². The highest BCUT2D eigenvalue weighted by Gasteiger charge is 2.45. The fraction of sp³-hybridized carbons (Fsp3) is 0.917. The fourth-order valence-electron chi connectivity index (χ4n) is 2.36. The lowest BCUT2D eigenvalue weighted by atomic mass is 9.84. The fourth-order valence-corrected chi connectivity index (χ4v) is 2.36. The Morgan fingerprint density at radius 2 is 2.00 bits per heavy atom.